The SMILES string of the molecule is Cc1c(C)c(F)c(N)c(C(C)(C)C)c1N. The molecule has 0 amide bonds. The fourth-order valence-electron chi connectivity index (χ4n) is 1.82. The first kappa shape index (κ1) is 11.8. The molecule has 0 aliphatic heterocycles. The van der Waals surface area contributed by atoms with Gasteiger partial charge in [0.05, 0.1) is 5.69 Å². The molecule has 0 saturated heterocycles. The van der Waals surface area contributed by atoms with Crippen LogP contribution in [0.3, 0.4) is 0 Å². The van der Waals surface area contributed by atoms with Crippen LogP contribution < -0.4 is 11.5 Å². The highest BCUT2D eigenvalue weighted by Crippen LogP contribution is 2.38. The summed E-state index contributed by atoms with van der Waals surface area (Å²) in [6.07, 6.45) is 0. The Balaban J connectivity index is 3.68. The first-order valence-electron chi connectivity index (χ1n) is 5.02. The zero-order chi connectivity index (χ0) is 12.0. The van der Waals surface area contributed by atoms with Crippen molar-refractivity contribution in [2.45, 2.75) is 40.0 Å². The first-order chi connectivity index (χ1) is 6.68. The van der Waals surface area contributed by atoms with Crippen molar-refractivity contribution in [3.8, 4) is 0 Å². The standard InChI is InChI=1S/C12H19FN2/c1-6-7(2)10(14)8(12(3,4)5)11(15)9(6)13/h14-15H2,1-5H3. The van der Waals surface area contributed by atoms with Crippen LogP contribution in [0.25, 0.3) is 0 Å². The molecular formula is C12H19FN2. The van der Waals surface area contributed by atoms with Crippen molar-refractivity contribution in [1.29, 1.82) is 0 Å². The minimum absolute atomic E-state index is 0.183. The van der Waals surface area contributed by atoms with Gasteiger partial charge in [-0.05, 0) is 30.4 Å². The fraction of sp³-hybridized carbons (Fsp3) is 0.500. The molecule has 0 aliphatic rings. The summed E-state index contributed by atoms with van der Waals surface area (Å²) in [7, 11) is 0. The quantitative estimate of drug-likeness (QED) is 0.647. The second-order valence-corrected chi connectivity index (χ2v) is 5.02. The Morgan fingerprint density at radius 2 is 1.40 bits per heavy atom. The molecule has 0 atom stereocenters. The van der Waals surface area contributed by atoms with Gasteiger partial charge < -0.3 is 11.5 Å². The van der Waals surface area contributed by atoms with Crippen LogP contribution in [0, 0.1) is 19.7 Å². The lowest BCUT2D eigenvalue weighted by Crippen LogP contribution is -2.19. The topological polar surface area (TPSA) is 52.0 Å². The van der Waals surface area contributed by atoms with E-state index in [1.807, 2.05) is 27.7 Å². The zero-order valence-corrected chi connectivity index (χ0v) is 10.0. The lowest BCUT2D eigenvalue weighted by molar-refractivity contribution is 0.575. The summed E-state index contributed by atoms with van der Waals surface area (Å²) in [5.41, 5.74) is 14.4. The van der Waals surface area contributed by atoms with Gasteiger partial charge in [-0.15, -0.1) is 0 Å². The van der Waals surface area contributed by atoms with E-state index in [1.54, 1.807) is 6.92 Å². The molecule has 0 bridgehead atoms. The molecule has 1 aromatic carbocycles. The molecule has 1 aromatic rings. The number of nitrogen functional groups attached to an aromatic ring is 2. The van der Waals surface area contributed by atoms with Crippen molar-refractivity contribution in [2.75, 3.05) is 11.5 Å². The molecule has 0 heterocycles. The summed E-state index contributed by atoms with van der Waals surface area (Å²) < 4.78 is 13.8. The molecule has 2 nitrogen and oxygen atoms in total. The Hall–Kier alpha value is -1.25. The van der Waals surface area contributed by atoms with Gasteiger partial charge in [0.15, 0.2) is 0 Å². The highest BCUT2D eigenvalue weighted by molar-refractivity contribution is 5.70. The molecule has 3 heteroatoms. The lowest BCUT2D eigenvalue weighted by atomic mass is 9.82. The largest absolute Gasteiger partial charge is 0.398 e. The number of hydrogen-bond acceptors (Lipinski definition) is 2. The van der Waals surface area contributed by atoms with E-state index in [0.717, 1.165) is 5.56 Å². The van der Waals surface area contributed by atoms with E-state index >= 15 is 0 Å². The average Bonchev–Trinajstić information content (AvgIpc) is 2.09. The number of benzene rings is 1. The smallest absolute Gasteiger partial charge is 0.149 e. The van der Waals surface area contributed by atoms with Crippen molar-refractivity contribution in [3.05, 3.63) is 22.5 Å². The van der Waals surface area contributed by atoms with Crippen molar-refractivity contribution >= 4 is 11.4 Å². The molecule has 0 radical (unpaired) electrons. The van der Waals surface area contributed by atoms with Crippen LogP contribution >= 0.6 is 0 Å². The van der Waals surface area contributed by atoms with Crippen molar-refractivity contribution in [1.82, 2.24) is 0 Å². The monoisotopic (exact) mass is 210 g/mol. The summed E-state index contributed by atoms with van der Waals surface area (Å²) in [4.78, 5) is 0. The predicted octanol–water partition coefficient (Wildman–Crippen LogP) is 2.90. The minimum Gasteiger partial charge on any atom is -0.398 e. The Morgan fingerprint density at radius 3 is 1.80 bits per heavy atom. The molecule has 0 aromatic heterocycles. The van der Waals surface area contributed by atoms with Crippen molar-refractivity contribution in [2.24, 2.45) is 0 Å². The van der Waals surface area contributed by atoms with Crippen LogP contribution in [0.5, 0.6) is 0 Å². The molecule has 0 fully saturated rings. The maximum atomic E-state index is 13.8. The van der Waals surface area contributed by atoms with Crippen LogP contribution in [0.2, 0.25) is 0 Å². The zero-order valence-electron chi connectivity index (χ0n) is 10.0. The van der Waals surface area contributed by atoms with Crippen LogP contribution in [0.1, 0.15) is 37.5 Å². The third-order valence-corrected chi connectivity index (χ3v) is 2.82. The van der Waals surface area contributed by atoms with E-state index in [-0.39, 0.29) is 16.9 Å². The lowest BCUT2D eigenvalue weighted by Gasteiger charge is -2.26. The van der Waals surface area contributed by atoms with E-state index in [9.17, 15) is 4.39 Å². The van der Waals surface area contributed by atoms with Gasteiger partial charge in [-0.25, -0.2) is 4.39 Å². The summed E-state index contributed by atoms with van der Waals surface area (Å²) in [6, 6.07) is 0. The number of nitrogens with two attached hydrogens (primary N) is 2. The highest BCUT2D eigenvalue weighted by Gasteiger charge is 2.25. The summed E-state index contributed by atoms with van der Waals surface area (Å²) in [6.45, 7) is 9.45. The maximum Gasteiger partial charge on any atom is 0.149 e. The molecular weight excluding hydrogens is 191 g/mol. The molecule has 0 aliphatic carbocycles. The fourth-order valence-corrected chi connectivity index (χ4v) is 1.82. The van der Waals surface area contributed by atoms with Crippen LogP contribution in [0.4, 0.5) is 15.8 Å². The second-order valence-electron chi connectivity index (χ2n) is 5.02. The average molecular weight is 210 g/mol. The van der Waals surface area contributed by atoms with Gasteiger partial charge in [-0.2, -0.15) is 0 Å². The third kappa shape index (κ3) is 1.78. The molecule has 1 rings (SSSR count). The van der Waals surface area contributed by atoms with Crippen molar-refractivity contribution in [3.63, 3.8) is 0 Å². The van der Waals surface area contributed by atoms with E-state index in [0.29, 0.717) is 16.8 Å². The van der Waals surface area contributed by atoms with Gasteiger partial charge in [0.1, 0.15) is 5.82 Å². The van der Waals surface area contributed by atoms with Gasteiger partial charge in [0.25, 0.3) is 0 Å². The summed E-state index contributed by atoms with van der Waals surface area (Å²) in [5, 5.41) is 0. The van der Waals surface area contributed by atoms with E-state index in [1.165, 1.54) is 0 Å². The molecule has 0 saturated carbocycles. The molecule has 4 N–H and O–H groups in total. The third-order valence-electron chi connectivity index (χ3n) is 2.82. The van der Waals surface area contributed by atoms with Gasteiger partial charge in [0.2, 0.25) is 0 Å². The van der Waals surface area contributed by atoms with Gasteiger partial charge >= 0.3 is 0 Å². The Bertz CT molecular complexity index is 374. The Kier molecular flexibility index (Phi) is 2.68. The van der Waals surface area contributed by atoms with Gasteiger partial charge in [0, 0.05) is 11.3 Å². The maximum absolute atomic E-state index is 13.8. The Morgan fingerprint density at radius 1 is 0.933 bits per heavy atom. The summed E-state index contributed by atoms with van der Waals surface area (Å²) in [5.74, 6) is -0.341. The highest BCUT2D eigenvalue weighted by atomic mass is 19.1. The van der Waals surface area contributed by atoms with Gasteiger partial charge in [-0.1, -0.05) is 20.8 Å². The summed E-state index contributed by atoms with van der Waals surface area (Å²) >= 11 is 0. The van der Waals surface area contributed by atoms with Crippen molar-refractivity contribution < 1.29 is 4.39 Å². The number of rotatable bonds is 0. The van der Waals surface area contributed by atoms with Crippen LogP contribution in [-0.4, -0.2) is 0 Å². The number of halogens is 1. The predicted molar refractivity (Wildman–Crippen MR) is 63.4 cm³/mol. The normalized spacial score (nSPS) is 11.9. The molecule has 0 unspecified atom stereocenters. The first-order valence-corrected chi connectivity index (χ1v) is 5.02. The number of hydrogen-bond donors (Lipinski definition) is 2. The molecule has 15 heavy (non-hydrogen) atoms. The molecule has 84 valence electrons. The number of anilines is 2. The van der Waals surface area contributed by atoms with Gasteiger partial charge in [-0.3, -0.25) is 0 Å². The minimum atomic E-state index is -0.341. The second kappa shape index (κ2) is 3.40. The van der Waals surface area contributed by atoms with E-state index < -0.39 is 0 Å². The Labute approximate surface area is 90.5 Å². The van der Waals surface area contributed by atoms with Crippen LogP contribution in [-0.2, 0) is 5.41 Å². The van der Waals surface area contributed by atoms with E-state index in [4.69, 9.17) is 11.5 Å². The van der Waals surface area contributed by atoms with Crippen LogP contribution in [0.15, 0.2) is 0 Å². The molecule has 0 spiro atoms. The van der Waals surface area contributed by atoms with E-state index in [2.05, 4.69) is 0 Å².